The van der Waals surface area contributed by atoms with Crippen LogP contribution < -0.4 is 10.6 Å². The normalized spacial score (nSPS) is 12.0. The van der Waals surface area contributed by atoms with E-state index in [4.69, 9.17) is 4.42 Å². The van der Waals surface area contributed by atoms with Crippen LogP contribution in [0.2, 0.25) is 0 Å². The molecule has 0 aromatic carbocycles. The standard InChI is InChI=1S/C16H21N3O2/c1-4-17-15-9-11(2)18-10-14(15)16(20)19-12(3)8-13-6-5-7-21-13/h5-7,9-10,12H,4,8H2,1-3H3,(H,17,18)(H,19,20). The van der Waals surface area contributed by atoms with Crippen LogP contribution in [-0.4, -0.2) is 23.5 Å². The molecule has 0 spiro atoms. The highest BCUT2D eigenvalue weighted by atomic mass is 16.3. The number of hydrogen-bond acceptors (Lipinski definition) is 4. The maximum atomic E-state index is 12.4. The van der Waals surface area contributed by atoms with E-state index in [1.807, 2.05) is 39.0 Å². The van der Waals surface area contributed by atoms with E-state index >= 15 is 0 Å². The molecule has 2 rings (SSSR count). The van der Waals surface area contributed by atoms with E-state index in [1.54, 1.807) is 12.5 Å². The lowest BCUT2D eigenvalue weighted by molar-refractivity contribution is 0.0939. The van der Waals surface area contributed by atoms with Crippen molar-refractivity contribution in [2.45, 2.75) is 33.2 Å². The number of carbonyl (C=O) groups is 1. The van der Waals surface area contributed by atoms with E-state index in [2.05, 4.69) is 15.6 Å². The zero-order valence-corrected chi connectivity index (χ0v) is 12.6. The average molecular weight is 287 g/mol. The van der Waals surface area contributed by atoms with Crippen molar-refractivity contribution >= 4 is 11.6 Å². The molecule has 0 aliphatic heterocycles. The first-order valence-electron chi connectivity index (χ1n) is 7.14. The zero-order valence-electron chi connectivity index (χ0n) is 12.6. The Kier molecular flexibility index (Phi) is 4.98. The summed E-state index contributed by atoms with van der Waals surface area (Å²) in [5, 5.41) is 6.17. The maximum absolute atomic E-state index is 12.4. The van der Waals surface area contributed by atoms with Gasteiger partial charge >= 0.3 is 0 Å². The van der Waals surface area contributed by atoms with Crippen molar-refractivity contribution in [3.05, 3.63) is 47.7 Å². The van der Waals surface area contributed by atoms with Gasteiger partial charge in [-0.25, -0.2) is 0 Å². The molecule has 2 aromatic heterocycles. The summed E-state index contributed by atoms with van der Waals surface area (Å²) in [5.74, 6) is 0.731. The van der Waals surface area contributed by atoms with Gasteiger partial charge < -0.3 is 15.1 Å². The Bertz CT molecular complexity index is 594. The van der Waals surface area contributed by atoms with Gasteiger partial charge in [-0.2, -0.15) is 0 Å². The molecule has 1 atom stereocenters. The first-order valence-corrected chi connectivity index (χ1v) is 7.14. The highest BCUT2D eigenvalue weighted by Gasteiger charge is 2.15. The topological polar surface area (TPSA) is 67.2 Å². The van der Waals surface area contributed by atoms with Gasteiger partial charge in [0.05, 0.1) is 17.5 Å². The van der Waals surface area contributed by atoms with Crippen LogP contribution in [0.15, 0.2) is 35.1 Å². The monoisotopic (exact) mass is 287 g/mol. The van der Waals surface area contributed by atoms with Crippen molar-refractivity contribution in [2.24, 2.45) is 0 Å². The molecule has 0 saturated carbocycles. The van der Waals surface area contributed by atoms with Gasteiger partial charge in [-0.1, -0.05) is 0 Å². The number of anilines is 1. The SMILES string of the molecule is CCNc1cc(C)ncc1C(=O)NC(C)Cc1ccco1. The number of nitrogens with one attached hydrogen (secondary N) is 2. The summed E-state index contributed by atoms with van der Waals surface area (Å²) in [4.78, 5) is 16.6. The number of amides is 1. The summed E-state index contributed by atoms with van der Waals surface area (Å²) in [6.45, 7) is 6.61. The fourth-order valence-corrected chi connectivity index (χ4v) is 2.16. The lowest BCUT2D eigenvalue weighted by Crippen LogP contribution is -2.34. The molecule has 5 heteroatoms. The van der Waals surface area contributed by atoms with Crippen molar-refractivity contribution in [1.29, 1.82) is 0 Å². The van der Waals surface area contributed by atoms with Gasteiger partial charge in [-0.3, -0.25) is 9.78 Å². The summed E-state index contributed by atoms with van der Waals surface area (Å²) in [5.41, 5.74) is 2.26. The van der Waals surface area contributed by atoms with Crippen molar-refractivity contribution in [1.82, 2.24) is 10.3 Å². The van der Waals surface area contributed by atoms with Gasteiger partial charge in [-0.05, 0) is 39.0 Å². The maximum Gasteiger partial charge on any atom is 0.255 e. The molecule has 2 heterocycles. The lowest BCUT2D eigenvalue weighted by atomic mass is 10.1. The predicted molar refractivity (Wildman–Crippen MR) is 82.5 cm³/mol. The number of nitrogens with zero attached hydrogens (tertiary/aromatic N) is 1. The van der Waals surface area contributed by atoms with Gasteiger partial charge in [0.25, 0.3) is 5.91 Å². The van der Waals surface area contributed by atoms with E-state index in [9.17, 15) is 4.79 Å². The number of rotatable bonds is 6. The van der Waals surface area contributed by atoms with E-state index in [1.165, 1.54) is 0 Å². The smallest absolute Gasteiger partial charge is 0.255 e. The third kappa shape index (κ3) is 4.08. The Morgan fingerprint density at radius 3 is 2.95 bits per heavy atom. The van der Waals surface area contributed by atoms with Gasteiger partial charge in [-0.15, -0.1) is 0 Å². The molecule has 1 unspecified atom stereocenters. The Balaban J connectivity index is 2.05. The molecule has 0 radical (unpaired) electrons. The quantitative estimate of drug-likeness (QED) is 0.857. The Labute approximate surface area is 124 Å². The Hall–Kier alpha value is -2.30. The van der Waals surface area contributed by atoms with Crippen LogP contribution in [0.5, 0.6) is 0 Å². The molecule has 1 amide bonds. The van der Waals surface area contributed by atoms with Crippen LogP contribution >= 0.6 is 0 Å². The Morgan fingerprint density at radius 1 is 1.48 bits per heavy atom. The minimum atomic E-state index is -0.127. The molecule has 0 aliphatic rings. The number of aromatic nitrogens is 1. The number of pyridine rings is 1. The van der Waals surface area contributed by atoms with Gasteiger partial charge in [0.2, 0.25) is 0 Å². The third-order valence-electron chi connectivity index (χ3n) is 3.12. The molecular weight excluding hydrogens is 266 g/mol. The molecule has 0 saturated heterocycles. The highest BCUT2D eigenvalue weighted by Crippen LogP contribution is 2.16. The number of aryl methyl sites for hydroxylation is 1. The second-order valence-electron chi connectivity index (χ2n) is 5.06. The highest BCUT2D eigenvalue weighted by molar-refractivity contribution is 5.99. The fourth-order valence-electron chi connectivity index (χ4n) is 2.16. The molecule has 2 N–H and O–H groups in total. The van der Waals surface area contributed by atoms with Crippen LogP contribution in [0.25, 0.3) is 0 Å². The fraction of sp³-hybridized carbons (Fsp3) is 0.375. The summed E-state index contributed by atoms with van der Waals surface area (Å²) in [6, 6.07) is 5.62. The zero-order chi connectivity index (χ0) is 15.2. The van der Waals surface area contributed by atoms with Crippen LogP contribution in [0.1, 0.15) is 35.7 Å². The van der Waals surface area contributed by atoms with Crippen molar-refractivity contribution in [3.8, 4) is 0 Å². The van der Waals surface area contributed by atoms with Crippen LogP contribution in [0.4, 0.5) is 5.69 Å². The van der Waals surface area contributed by atoms with Crippen LogP contribution in [-0.2, 0) is 6.42 Å². The number of furan rings is 1. The van der Waals surface area contributed by atoms with Gasteiger partial charge in [0.1, 0.15) is 5.76 Å². The first kappa shape index (κ1) is 15.1. The molecule has 0 aliphatic carbocycles. The van der Waals surface area contributed by atoms with E-state index in [-0.39, 0.29) is 11.9 Å². The number of carbonyl (C=O) groups excluding carboxylic acids is 1. The second kappa shape index (κ2) is 6.92. The van der Waals surface area contributed by atoms with E-state index in [0.29, 0.717) is 12.0 Å². The number of hydrogen-bond donors (Lipinski definition) is 2. The molecular formula is C16H21N3O2. The molecule has 2 aromatic rings. The van der Waals surface area contributed by atoms with Gasteiger partial charge in [0.15, 0.2) is 0 Å². The first-order chi connectivity index (χ1) is 10.1. The van der Waals surface area contributed by atoms with Crippen LogP contribution in [0, 0.1) is 6.92 Å². The van der Waals surface area contributed by atoms with Crippen molar-refractivity contribution in [2.75, 3.05) is 11.9 Å². The second-order valence-corrected chi connectivity index (χ2v) is 5.06. The molecule has 0 bridgehead atoms. The average Bonchev–Trinajstić information content (AvgIpc) is 2.91. The largest absolute Gasteiger partial charge is 0.469 e. The third-order valence-corrected chi connectivity index (χ3v) is 3.12. The van der Waals surface area contributed by atoms with E-state index < -0.39 is 0 Å². The molecule has 5 nitrogen and oxygen atoms in total. The summed E-state index contributed by atoms with van der Waals surface area (Å²) >= 11 is 0. The molecule has 112 valence electrons. The lowest BCUT2D eigenvalue weighted by Gasteiger charge is -2.15. The summed E-state index contributed by atoms with van der Waals surface area (Å²) in [6.07, 6.45) is 3.91. The minimum Gasteiger partial charge on any atom is -0.469 e. The molecule has 0 fully saturated rings. The Morgan fingerprint density at radius 2 is 2.29 bits per heavy atom. The predicted octanol–water partition coefficient (Wildman–Crippen LogP) is 2.78. The van der Waals surface area contributed by atoms with Crippen LogP contribution in [0.3, 0.4) is 0 Å². The summed E-state index contributed by atoms with van der Waals surface area (Å²) in [7, 11) is 0. The van der Waals surface area contributed by atoms with E-state index in [0.717, 1.165) is 23.7 Å². The minimum absolute atomic E-state index is 0.0144. The van der Waals surface area contributed by atoms with Crippen molar-refractivity contribution < 1.29 is 9.21 Å². The molecule has 21 heavy (non-hydrogen) atoms. The van der Waals surface area contributed by atoms with Gasteiger partial charge in [0, 0.05) is 30.9 Å². The summed E-state index contributed by atoms with van der Waals surface area (Å²) < 4.78 is 5.29. The van der Waals surface area contributed by atoms with Crippen molar-refractivity contribution in [3.63, 3.8) is 0 Å².